The van der Waals surface area contributed by atoms with E-state index in [1.165, 1.54) is 31.2 Å². The van der Waals surface area contributed by atoms with Gasteiger partial charge in [-0.2, -0.15) is 4.31 Å². The van der Waals surface area contributed by atoms with Crippen LogP contribution in [0.3, 0.4) is 0 Å². The maximum atomic E-state index is 12.5. The van der Waals surface area contributed by atoms with Crippen molar-refractivity contribution in [2.45, 2.75) is 23.8 Å². The summed E-state index contributed by atoms with van der Waals surface area (Å²) in [7, 11) is -3.84. The Bertz CT molecular complexity index is 693. The molecule has 0 saturated carbocycles. The molecule has 1 fully saturated rings. The normalized spacial score (nSPS) is 18.0. The number of hydrogen-bond acceptors (Lipinski definition) is 5. The highest BCUT2D eigenvalue weighted by atomic mass is 32.2. The van der Waals surface area contributed by atoms with Gasteiger partial charge in [-0.25, -0.2) is 8.42 Å². The van der Waals surface area contributed by atoms with Crippen LogP contribution in [0.25, 0.3) is 0 Å². The van der Waals surface area contributed by atoms with Crippen molar-refractivity contribution in [1.82, 2.24) is 4.31 Å². The summed E-state index contributed by atoms with van der Waals surface area (Å²) in [5.41, 5.74) is -1.23. The Labute approximate surface area is 122 Å². The number of aliphatic hydroxyl groups is 1. The van der Waals surface area contributed by atoms with E-state index in [1.54, 1.807) is 0 Å². The molecule has 0 aromatic heterocycles. The van der Waals surface area contributed by atoms with Gasteiger partial charge in [-0.3, -0.25) is 10.1 Å². The molecule has 0 atom stereocenters. The van der Waals surface area contributed by atoms with E-state index in [2.05, 4.69) is 6.58 Å². The van der Waals surface area contributed by atoms with Crippen molar-refractivity contribution in [3.8, 4) is 0 Å². The topological polar surface area (TPSA) is 101 Å². The molecule has 2 rings (SSSR count). The molecule has 7 nitrogen and oxygen atoms in total. The quantitative estimate of drug-likeness (QED) is 0.500. The minimum absolute atomic E-state index is 0.0382. The van der Waals surface area contributed by atoms with Crippen LogP contribution < -0.4 is 0 Å². The number of rotatable bonds is 5. The van der Waals surface area contributed by atoms with E-state index in [0.717, 1.165) is 4.31 Å². The van der Waals surface area contributed by atoms with Gasteiger partial charge in [0.05, 0.1) is 15.4 Å². The third-order valence-corrected chi connectivity index (χ3v) is 5.47. The second kappa shape index (κ2) is 5.21. The number of nitro benzene ring substituents is 1. The molecular weight excluding hydrogens is 296 g/mol. The van der Waals surface area contributed by atoms with Gasteiger partial charge in [0.2, 0.25) is 10.0 Å². The number of sulfonamides is 1. The summed E-state index contributed by atoms with van der Waals surface area (Å²) >= 11 is 0. The van der Waals surface area contributed by atoms with Gasteiger partial charge in [-0.15, -0.1) is 6.58 Å². The van der Waals surface area contributed by atoms with Gasteiger partial charge in [-0.1, -0.05) is 12.1 Å². The van der Waals surface area contributed by atoms with E-state index < -0.39 is 20.5 Å². The van der Waals surface area contributed by atoms with E-state index >= 15 is 0 Å². The molecule has 114 valence electrons. The smallest absolute Gasteiger partial charge is 0.273 e. The summed E-state index contributed by atoms with van der Waals surface area (Å²) < 4.78 is 26.1. The number of benzene rings is 1. The average Bonchev–Trinajstić information content (AvgIpc) is 2.35. The first kappa shape index (κ1) is 15.6. The number of nitrogens with zero attached hydrogens (tertiary/aromatic N) is 2. The molecule has 1 saturated heterocycles. The average molecular weight is 312 g/mol. The Morgan fingerprint density at radius 1 is 1.52 bits per heavy atom. The summed E-state index contributed by atoms with van der Waals surface area (Å²) in [5, 5.41) is 20.9. The highest BCUT2D eigenvalue weighted by molar-refractivity contribution is 7.89. The molecule has 0 radical (unpaired) electrons. The van der Waals surface area contributed by atoms with Crippen molar-refractivity contribution >= 4 is 15.7 Å². The molecule has 1 aliphatic heterocycles. The van der Waals surface area contributed by atoms with Crippen molar-refractivity contribution in [3.63, 3.8) is 0 Å². The lowest BCUT2D eigenvalue weighted by atomic mass is 9.93. The molecule has 1 N–H and O–H groups in total. The van der Waals surface area contributed by atoms with Crippen LogP contribution in [0, 0.1) is 17.0 Å². The van der Waals surface area contributed by atoms with Crippen LogP contribution in [-0.4, -0.2) is 41.4 Å². The van der Waals surface area contributed by atoms with Crippen LogP contribution in [0.4, 0.5) is 5.69 Å². The predicted octanol–water partition coefficient (Wildman–Crippen LogP) is 1.21. The van der Waals surface area contributed by atoms with Crippen molar-refractivity contribution in [3.05, 3.63) is 46.5 Å². The standard InChI is InChI=1S/C13H16N2O5S/c1-3-7-13(16)8-14(9-13)21(19,20)12-6-4-5-11(10(12)2)15(17)18/h3-6,16H,1,7-9H2,2H3. The highest BCUT2D eigenvalue weighted by Crippen LogP contribution is 2.33. The zero-order valence-electron chi connectivity index (χ0n) is 11.5. The molecule has 1 aromatic carbocycles. The van der Waals surface area contributed by atoms with Crippen LogP contribution in [0.2, 0.25) is 0 Å². The second-order valence-electron chi connectivity index (χ2n) is 5.15. The first-order chi connectivity index (χ1) is 9.71. The summed E-state index contributed by atoms with van der Waals surface area (Å²) in [4.78, 5) is 10.2. The van der Waals surface area contributed by atoms with Crippen LogP contribution in [0.5, 0.6) is 0 Å². The van der Waals surface area contributed by atoms with Crippen molar-refractivity contribution in [1.29, 1.82) is 0 Å². The molecule has 8 heteroatoms. The predicted molar refractivity (Wildman–Crippen MR) is 76.4 cm³/mol. The van der Waals surface area contributed by atoms with E-state index in [1.807, 2.05) is 0 Å². The van der Waals surface area contributed by atoms with Crippen molar-refractivity contribution in [2.24, 2.45) is 0 Å². The molecule has 21 heavy (non-hydrogen) atoms. The molecule has 1 aliphatic rings. The fourth-order valence-corrected chi connectivity index (χ4v) is 4.24. The molecule has 0 bridgehead atoms. The Morgan fingerprint density at radius 3 is 2.67 bits per heavy atom. The number of hydrogen-bond donors (Lipinski definition) is 1. The number of nitro groups is 1. The van der Waals surface area contributed by atoms with Crippen molar-refractivity contribution in [2.75, 3.05) is 13.1 Å². The Kier molecular flexibility index (Phi) is 3.87. The lowest BCUT2D eigenvalue weighted by molar-refractivity contribution is -0.385. The number of β-amino-alcohol motifs (C(OH)–C–C–N with tert-alkyl or cyclic N) is 1. The van der Waals surface area contributed by atoms with Gasteiger partial charge in [-0.05, 0) is 19.4 Å². The van der Waals surface area contributed by atoms with Crippen LogP contribution in [0.1, 0.15) is 12.0 Å². The molecule has 1 heterocycles. The van der Waals surface area contributed by atoms with Gasteiger partial charge in [0.15, 0.2) is 0 Å². The minimum Gasteiger partial charge on any atom is -0.387 e. The van der Waals surface area contributed by atoms with Gasteiger partial charge < -0.3 is 5.11 Å². The highest BCUT2D eigenvalue weighted by Gasteiger charge is 2.47. The monoisotopic (exact) mass is 312 g/mol. The lowest BCUT2D eigenvalue weighted by Gasteiger charge is -2.45. The van der Waals surface area contributed by atoms with E-state index in [0.29, 0.717) is 6.42 Å². The zero-order chi connectivity index (χ0) is 15.8. The summed E-state index contributed by atoms with van der Waals surface area (Å²) in [6, 6.07) is 3.94. The van der Waals surface area contributed by atoms with Gasteiger partial charge in [0.1, 0.15) is 0 Å². The van der Waals surface area contributed by atoms with Crippen LogP contribution >= 0.6 is 0 Å². The van der Waals surface area contributed by atoms with E-state index in [9.17, 15) is 23.6 Å². The molecular formula is C13H16N2O5S. The minimum atomic E-state index is -3.84. The fraction of sp³-hybridized carbons (Fsp3) is 0.385. The maximum Gasteiger partial charge on any atom is 0.273 e. The SMILES string of the molecule is C=CCC1(O)CN(S(=O)(=O)c2cccc([N+](=O)[O-])c2C)C1. The summed E-state index contributed by atoms with van der Waals surface area (Å²) in [6.45, 7) is 4.84. The largest absolute Gasteiger partial charge is 0.387 e. The third kappa shape index (κ3) is 2.69. The maximum absolute atomic E-state index is 12.5. The Hall–Kier alpha value is -1.77. The zero-order valence-corrected chi connectivity index (χ0v) is 12.3. The van der Waals surface area contributed by atoms with Gasteiger partial charge in [0.25, 0.3) is 5.69 Å². The second-order valence-corrected chi connectivity index (χ2v) is 7.05. The lowest BCUT2D eigenvalue weighted by Crippen LogP contribution is -2.63. The fourth-order valence-electron chi connectivity index (χ4n) is 2.40. The summed E-state index contributed by atoms with van der Waals surface area (Å²) in [5.74, 6) is 0. The van der Waals surface area contributed by atoms with Gasteiger partial charge in [0, 0.05) is 24.7 Å². The third-order valence-electron chi connectivity index (χ3n) is 3.54. The van der Waals surface area contributed by atoms with E-state index in [-0.39, 0.29) is 29.2 Å². The molecule has 0 spiro atoms. The van der Waals surface area contributed by atoms with Crippen LogP contribution in [-0.2, 0) is 10.0 Å². The summed E-state index contributed by atoms with van der Waals surface area (Å²) in [6.07, 6.45) is 1.83. The van der Waals surface area contributed by atoms with E-state index in [4.69, 9.17) is 0 Å². The first-order valence-corrected chi connectivity index (χ1v) is 7.73. The van der Waals surface area contributed by atoms with Crippen molar-refractivity contribution < 1.29 is 18.4 Å². The molecule has 1 aromatic rings. The molecule has 0 aliphatic carbocycles. The Morgan fingerprint density at radius 2 is 2.14 bits per heavy atom. The Balaban J connectivity index is 2.33. The van der Waals surface area contributed by atoms with Crippen LogP contribution in [0.15, 0.2) is 35.7 Å². The molecule has 0 amide bonds. The first-order valence-electron chi connectivity index (χ1n) is 6.29. The van der Waals surface area contributed by atoms with Gasteiger partial charge >= 0.3 is 0 Å². The molecule has 0 unspecified atom stereocenters.